The Balaban J connectivity index is 3.07. The van der Waals surface area contributed by atoms with Crippen LogP contribution in [0, 0.1) is 0 Å². The lowest BCUT2D eigenvalue weighted by molar-refractivity contribution is -0.157. The van der Waals surface area contributed by atoms with Gasteiger partial charge < -0.3 is 14.7 Å². The number of carboxylic acids is 1. The fraction of sp³-hybridized carbons (Fsp3) is 0.571. The topological polar surface area (TPSA) is 83.9 Å². The van der Waals surface area contributed by atoms with E-state index in [0.29, 0.717) is 6.42 Å². The van der Waals surface area contributed by atoms with Gasteiger partial charge in [0.25, 0.3) is 0 Å². The number of amides is 1. The highest BCUT2D eigenvalue weighted by molar-refractivity contribution is 5.96. The SMILES string of the molecule is CCCCCCC(C(=O)O)N(C(=O)CC(=O)OCC)C(C)c1ccccc1. The summed E-state index contributed by atoms with van der Waals surface area (Å²) in [6.45, 7) is 5.72. The summed E-state index contributed by atoms with van der Waals surface area (Å²) in [5, 5.41) is 9.77. The van der Waals surface area contributed by atoms with Crippen LogP contribution in [0.4, 0.5) is 0 Å². The molecule has 0 bridgehead atoms. The maximum absolute atomic E-state index is 12.8. The Labute approximate surface area is 161 Å². The molecule has 6 heteroatoms. The van der Waals surface area contributed by atoms with Crippen LogP contribution in [-0.4, -0.2) is 40.5 Å². The normalized spacial score (nSPS) is 12.9. The number of hydrogen-bond donors (Lipinski definition) is 1. The smallest absolute Gasteiger partial charge is 0.326 e. The molecule has 2 atom stereocenters. The molecule has 1 rings (SSSR count). The summed E-state index contributed by atoms with van der Waals surface area (Å²) >= 11 is 0. The van der Waals surface area contributed by atoms with Crippen molar-refractivity contribution < 1.29 is 24.2 Å². The molecule has 0 spiro atoms. The first-order valence-electron chi connectivity index (χ1n) is 9.66. The zero-order valence-electron chi connectivity index (χ0n) is 16.5. The van der Waals surface area contributed by atoms with Gasteiger partial charge in [0.15, 0.2) is 0 Å². The van der Waals surface area contributed by atoms with Gasteiger partial charge in [-0.2, -0.15) is 0 Å². The van der Waals surface area contributed by atoms with Crippen molar-refractivity contribution in [2.24, 2.45) is 0 Å². The lowest BCUT2D eigenvalue weighted by Gasteiger charge is -2.34. The number of esters is 1. The van der Waals surface area contributed by atoms with Crippen molar-refractivity contribution in [3.8, 4) is 0 Å². The molecule has 1 aromatic carbocycles. The molecule has 1 aromatic rings. The zero-order chi connectivity index (χ0) is 20.2. The highest BCUT2D eigenvalue weighted by atomic mass is 16.5. The fourth-order valence-electron chi connectivity index (χ4n) is 3.12. The number of unbranched alkanes of at least 4 members (excludes halogenated alkanes) is 3. The molecule has 0 aliphatic rings. The van der Waals surface area contributed by atoms with Crippen molar-refractivity contribution >= 4 is 17.8 Å². The molecule has 1 amide bonds. The molecule has 0 saturated carbocycles. The molecular formula is C21H31NO5. The second-order valence-electron chi connectivity index (χ2n) is 6.57. The van der Waals surface area contributed by atoms with E-state index in [0.717, 1.165) is 31.2 Å². The lowest BCUT2D eigenvalue weighted by atomic mass is 10.00. The van der Waals surface area contributed by atoms with Crippen molar-refractivity contribution in [2.75, 3.05) is 6.61 Å². The maximum atomic E-state index is 12.8. The predicted octanol–water partition coefficient (Wildman–Crippen LogP) is 3.95. The van der Waals surface area contributed by atoms with E-state index in [1.165, 1.54) is 4.90 Å². The van der Waals surface area contributed by atoms with Gasteiger partial charge in [0.2, 0.25) is 5.91 Å². The van der Waals surface area contributed by atoms with Gasteiger partial charge in [0.1, 0.15) is 12.5 Å². The van der Waals surface area contributed by atoms with Crippen LogP contribution in [0.5, 0.6) is 0 Å². The number of carboxylic acid groups (broad SMARTS) is 1. The minimum absolute atomic E-state index is 0.180. The molecule has 0 aliphatic carbocycles. The summed E-state index contributed by atoms with van der Waals surface area (Å²) in [5.41, 5.74) is 0.828. The average molecular weight is 377 g/mol. The van der Waals surface area contributed by atoms with Crippen LogP contribution in [0.2, 0.25) is 0 Å². The van der Waals surface area contributed by atoms with Crippen LogP contribution in [0.1, 0.15) is 70.9 Å². The van der Waals surface area contributed by atoms with Gasteiger partial charge in [-0.25, -0.2) is 4.79 Å². The standard InChI is InChI=1S/C21H31NO5/c1-4-6-7-11-14-18(21(25)26)22(19(23)15-20(24)27-5-2)16(3)17-12-9-8-10-13-17/h8-10,12-13,16,18H,4-7,11,14-15H2,1-3H3,(H,25,26). The van der Waals surface area contributed by atoms with Crippen molar-refractivity contribution in [1.29, 1.82) is 0 Å². The lowest BCUT2D eigenvalue weighted by Crippen LogP contribution is -2.47. The number of benzene rings is 1. The molecule has 1 N–H and O–H groups in total. The number of ether oxygens (including phenoxy) is 1. The van der Waals surface area contributed by atoms with Gasteiger partial charge >= 0.3 is 11.9 Å². The van der Waals surface area contributed by atoms with Gasteiger partial charge in [-0.15, -0.1) is 0 Å². The third kappa shape index (κ3) is 7.41. The second kappa shape index (κ2) is 12.1. The fourth-order valence-corrected chi connectivity index (χ4v) is 3.12. The number of carbonyl (C=O) groups excluding carboxylic acids is 2. The van der Waals surface area contributed by atoms with E-state index in [1.807, 2.05) is 30.3 Å². The van der Waals surface area contributed by atoms with E-state index in [9.17, 15) is 19.5 Å². The molecule has 0 aliphatic heterocycles. The van der Waals surface area contributed by atoms with Crippen LogP contribution < -0.4 is 0 Å². The van der Waals surface area contributed by atoms with Crippen LogP contribution >= 0.6 is 0 Å². The van der Waals surface area contributed by atoms with Gasteiger partial charge in [0.05, 0.1) is 12.6 Å². The van der Waals surface area contributed by atoms with E-state index in [-0.39, 0.29) is 6.61 Å². The van der Waals surface area contributed by atoms with Crippen LogP contribution in [0.15, 0.2) is 30.3 Å². The molecule has 6 nitrogen and oxygen atoms in total. The minimum atomic E-state index is -1.05. The first-order chi connectivity index (χ1) is 12.9. The Kier molecular flexibility index (Phi) is 10.2. The van der Waals surface area contributed by atoms with Crippen molar-refractivity contribution in [3.05, 3.63) is 35.9 Å². The summed E-state index contributed by atoms with van der Waals surface area (Å²) in [6, 6.07) is 7.82. The summed E-state index contributed by atoms with van der Waals surface area (Å²) in [5.74, 6) is -2.21. The molecule has 0 saturated heterocycles. The number of hydrogen-bond acceptors (Lipinski definition) is 4. The van der Waals surface area contributed by atoms with Crippen LogP contribution in [-0.2, 0) is 19.1 Å². The zero-order valence-corrected chi connectivity index (χ0v) is 16.5. The Hall–Kier alpha value is -2.37. The third-order valence-corrected chi connectivity index (χ3v) is 4.54. The van der Waals surface area contributed by atoms with E-state index < -0.39 is 36.4 Å². The summed E-state index contributed by atoms with van der Waals surface area (Å²) in [4.78, 5) is 37.9. The molecular weight excluding hydrogens is 346 g/mol. The average Bonchev–Trinajstić information content (AvgIpc) is 2.64. The highest BCUT2D eigenvalue weighted by Crippen LogP contribution is 2.26. The summed E-state index contributed by atoms with van der Waals surface area (Å²) in [6.07, 6.45) is 3.61. The van der Waals surface area contributed by atoms with Gasteiger partial charge in [-0.05, 0) is 25.8 Å². The molecule has 0 heterocycles. The van der Waals surface area contributed by atoms with Gasteiger partial charge in [0, 0.05) is 0 Å². The van der Waals surface area contributed by atoms with E-state index in [2.05, 4.69) is 6.92 Å². The quantitative estimate of drug-likeness (QED) is 0.339. The van der Waals surface area contributed by atoms with Crippen molar-refractivity contribution in [2.45, 2.75) is 71.4 Å². The van der Waals surface area contributed by atoms with Crippen LogP contribution in [0.25, 0.3) is 0 Å². The van der Waals surface area contributed by atoms with E-state index >= 15 is 0 Å². The third-order valence-electron chi connectivity index (χ3n) is 4.54. The first-order valence-corrected chi connectivity index (χ1v) is 9.66. The second-order valence-corrected chi connectivity index (χ2v) is 6.57. The summed E-state index contributed by atoms with van der Waals surface area (Å²) in [7, 11) is 0. The Bertz CT molecular complexity index is 602. The number of aliphatic carboxylic acids is 1. The maximum Gasteiger partial charge on any atom is 0.326 e. The Morgan fingerprint density at radius 3 is 2.30 bits per heavy atom. The molecule has 0 radical (unpaired) electrons. The molecule has 150 valence electrons. The monoisotopic (exact) mass is 377 g/mol. The predicted molar refractivity (Wildman–Crippen MR) is 103 cm³/mol. The largest absolute Gasteiger partial charge is 0.480 e. The number of nitrogens with zero attached hydrogens (tertiary/aromatic N) is 1. The molecule has 0 aromatic heterocycles. The summed E-state index contributed by atoms with van der Waals surface area (Å²) < 4.78 is 4.87. The molecule has 0 fully saturated rings. The van der Waals surface area contributed by atoms with Crippen molar-refractivity contribution in [1.82, 2.24) is 4.90 Å². The number of carbonyl (C=O) groups is 3. The van der Waals surface area contributed by atoms with E-state index in [4.69, 9.17) is 4.74 Å². The Morgan fingerprint density at radius 1 is 1.07 bits per heavy atom. The molecule has 2 unspecified atom stereocenters. The van der Waals surface area contributed by atoms with Crippen LogP contribution in [0.3, 0.4) is 0 Å². The Morgan fingerprint density at radius 2 is 1.74 bits per heavy atom. The highest BCUT2D eigenvalue weighted by Gasteiger charge is 2.34. The van der Waals surface area contributed by atoms with Gasteiger partial charge in [-0.1, -0.05) is 62.9 Å². The molecule has 27 heavy (non-hydrogen) atoms. The van der Waals surface area contributed by atoms with Gasteiger partial charge in [-0.3, -0.25) is 9.59 Å². The number of rotatable bonds is 12. The van der Waals surface area contributed by atoms with E-state index in [1.54, 1.807) is 13.8 Å². The minimum Gasteiger partial charge on any atom is -0.480 e. The van der Waals surface area contributed by atoms with Crippen molar-refractivity contribution in [3.63, 3.8) is 0 Å². The first kappa shape index (κ1) is 22.7.